The number of alkyl halides is 5. The highest BCUT2D eigenvalue weighted by Crippen LogP contribution is 2.36. The van der Waals surface area contributed by atoms with Gasteiger partial charge in [-0.15, -0.1) is 0 Å². The van der Waals surface area contributed by atoms with Crippen molar-refractivity contribution >= 4 is 5.91 Å². The van der Waals surface area contributed by atoms with Gasteiger partial charge >= 0.3 is 6.18 Å². The van der Waals surface area contributed by atoms with E-state index in [1.165, 1.54) is 12.1 Å². The molecule has 1 amide bonds. The number of rotatable bonds is 6. The number of carbonyl (C=O) groups is 1. The van der Waals surface area contributed by atoms with Crippen LogP contribution in [0.15, 0.2) is 24.3 Å². The third-order valence-corrected chi connectivity index (χ3v) is 2.69. The summed E-state index contributed by atoms with van der Waals surface area (Å²) in [6.07, 6.45) is -6.03. The SMILES string of the molecule is CC(Oc1ccccc1C(F)(F)F)C(=O)NCC(F)(F)CN. The monoisotopic (exact) mass is 326 g/mol. The summed E-state index contributed by atoms with van der Waals surface area (Å²) in [7, 11) is 0. The Hall–Kier alpha value is -1.90. The Morgan fingerprint density at radius 3 is 2.41 bits per heavy atom. The third-order valence-electron chi connectivity index (χ3n) is 2.69. The van der Waals surface area contributed by atoms with E-state index in [4.69, 9.17) is 10.5 Å². The number of para-hydroxylation sites is 1. The van der Waals surface area contributed by atoms with Crippen molar-refractivity contribution in [3.8, 4) is 5.75 Å². The van der Waals surface area contributed by atoms with Crippen LogP contribution in [0, 0.1) is 0 Å². The van der Waals surface area contributed by atoms with Crippen molar-refractivity contribution in [1.82, 2.24) is 5.32 Å². The van der Waals surface area contributed by atoms with Crippen molar-refractivity contribution in [1.29, 1.82) is 0 Å². The fourth-order valence-electron chi connectivity index (χ4n) is 1.48. The Morgan fingerprint density at radius 1 is 1.27 bits per heavy atom. The van der Waals surface area contributed by atoms with Gasteiger partial charge in [-0.05, 0) is 19.1 Å². The van der Waals surface area contributed by atoms with Crippen LogP contribution >= 0.6 is 0 Å². The summed E-state index contributed by atoms with van der Waals surface area (Å²) in [5.41, 5.74) is 3.75. The second-order valence-corrected chi connectivity index (χ2v) is 4.53. The number of hydrogen-bond acceptors (Lipinski definition) is 3. The van der Waals surface area contributed by atoms with Crippen LogP contribution in [0.1, 0.15) is 12.5 Å². The van der Waals surface area contributed by atoms with E-state index in [2.05, 4.69) is 0 Å². The van der Waals surface area contributed by atoms with Crippen molar-refractivity contribution in [2.75, 3.05) is 13.1 Å². The Morgan fingerprint density at radius 2 is 1.86 bits per heavy atom. The molecule has 1 aromatic rings. The first-order valence-corrected chi connectivity index (χ1v) is 6.25. The topological polar surface area (TPSA) is 64.3 Å². The lowest BCUT2D eigenvalue weighted by atomic mass is 10.2. The molecule has 0 heterocycles. The van der Waals surface area contributed by atoms with E-state index in [-0.39, 0.29) is 0 Å². The quantitative estimate of drug-likeness (QED) is 0.788. The zero-order valence-electron chi connectivity index (χ0n) is 11.6. The molecular weight excluding hydrogens is 311 g/mol. The maximum Gasteiger partial charge on any atom is 0.419 e. The van der Waals surface area contributed by atoms with Gasteiger partial charge in [0, 0.05) is 0 Å². The minimum atomic E-state index is -4.65. The molecule has 0 aliphatic heterocycles. The summed E-state index contributed by atoms with van der Waals surface area (Å²) in [4.78, 5) is 11.6. The molecule has 0 spiro atoms. The van der Waals surface area contributed by atoms with E-state index in [1.807, 2.05) is 5.32 Å². The molecule has 0 aliphatic carbocycles. The normalized spacial score (nSPS) is 13.6. The number of hydrogen-bond donors (Lipinski definition) is 2. The fraction of sp³-hybridized carbons (Fsp3) is 0.462. The molecule has 1 rings (SSSR count). The number of benzene rings is 1. The molecule has 1 aromatic carbocycles. The summed E-state index contributed by atoms with van der Waals surface area (Å²) in [5.74, 6) is -4.81. The van der Waals surface area contributed by atoms with Crippen LogP contribution in [-0.4, -0.2) is 31.0 Å². The summed E-state index contributed by atoms with van der Waals surface area (Å²) in [5, 5.41) is 1.88. The molecule has 0 aromatic heterocycles. The molecule has 1 atom stereocenters. The summed E-state index contributed by atoms with van der Waals surface area (Å²) in [6, 6.07) is 4.31. The van der Waals surface area contributed by atoms with E-state index < -0.39 is 48.5 Å². The zero-order chi connectivity index (χ0) is 17.0. The zero-order valence-corrected chi connectivity index (χ0v) is 11.6. The maximum absolute atomic E-state index is 12.9. The van der Waals surface area contributed by atoms with E-state index in [1.54, 1.807) is 0 Å². The summed E-state index contributed by atoms with van der Waals surface area (Å²) >= 11 is 0. The average Bonchev–Trinajstić information content (AvgIpc) is 2.44. The lowest BCUT2D eigenvalue weighted by molar-refractivity contribution is -0.140. The Kier molecular flexibility index (Phi) is 5.70. The van der Waals surface area contributed by atoms with Gasteiger partial charge in [-0.25, -0.2) is 8.78 Å². The number of amides is 1. The minimum Gasteiger partial charge on any atom is -0.480 e. The molecule has 9 heteroatoms. The predicted molar refractivity (Wildman–Crippen MR) is 68.5 cm³/mol. The van der Waals surface area contributed by atoms with E-state index in [0.29, 0.717) is 0 Å². The molecule has 0 saturated carbocycles. The molecule has 1 unspecified atom stereocenters. The van der Waals surface area contributed by atoms with Crippen molar-refractivity contribution in [2.24, 2.45) is 5.73 Å². The van der Waals surface area contributed by atoms with E-state index >= 15 is 0 Å². The molecule has 0 aliphatic rings. The van der Waals surface area contributed by atoms with Gasteiger partial charge in [0.25, 0.3) is 11.8 Å². The molecule has 0 saturated heterocycles. The first-order valence-electron chi connectivity index (χ1n) is 6.25. The predicted octanol–water partition coefficient (Wildman–Crippen LogP) is 2.18. The molecule has 4 nitrogen and oxygen atoms in total. The van der Waals surface area contributed by atoms with Crippen molar-refractivity contribution in [2.45, 2.75) is 25.1 Å². The number of halogens is 5. The third kappa shape index (κ3) is 5.14. The van der Waals surface area contributed by atoms with Crippen molar-refractivity contribution in [3.05, 3.63) is 29.8 Å². The smallest absolute Gasteiger partial charge is 0.419 e. The van der Waals surface area contributed by atoms with Crippen LogP contribution in [0.3, 0.4) is 0 Å². The van der Waals surface area contributed by atoms with Gasteiger partial charge in [0.15, 0.2) is 6.10 Å². The summed E-state index contributed by atoms with van der Waals surface area (Å²) in [6.45, 7) is -0.820. The van der Waals surface area contributed by atoms with Crippen LogP contribution < -0.4 is 15.8 Å². The van der Waals surface area contributed by atoms with Crippen LogP contribution in [0.25, 0.3) is 0 Å². The standard InChI is InChI=1S/C13H15F5N2O2/c1-8(11(21)20-7-12(14,15)6-19)22-10-5-3-2-4-9(10)13(16,17)18/h2-5,8H,6-7,19H2,1H3,(H,20,21). The Labute approximate surface area is 123 Å². The lowest BCUT2D eigenvalue weighted by Crippen LogP contribution is -2.45. The van der Waals surface area contributed by atoms with Gasteiger partial charge in [-0.1, -0.05) is 12.1 Å². The van der Waals surface area contributed by atoms with Crippen LogP contribution in [-0.2, 0) is 11.0 Å². The minimum absolute atomic E-state index is 0.553. The van der Waals surface area contributed by atoms with Gasteiger partial charge in [-0.3, -0.25) is 4.79 Å². The molecular formula is C13H15F5N2O2. The number of nitrogens with two attached hydrogens (primary N) is 1. The second kappa shape index (κ2) is 6.91. The number of nitrogens with one attached hydrogen (secondary N) is 1. The first kappa shape index (κ1) is 18.1. The highest BCUT2D eigenvalue weighted by atomic mass is 19.4. The van der Waals surface area contributed by atoms with Crippen molar-refractivity contribution in [3.63, 3.8) is 0 Å². The highest BCUT2D eigenvalue weighted by molar-refractivity contribution is 5.80. The summed E-state index contributed by atoms with van der Waals surface area (Å²) < 4.78 is 69.0. The average molecular weight is 326 g/mol. The number of carbonyl (C=O) groups excluding carboxylic acids is 1. The van der Waals surface area contributed by atoms with E-state index in [9.17, 15) is 26.7 Å². The van der Waals surface area contributed by atoms with Gasteiger partial charge < -0.3 is 15.8 Å². The fourth-order valence-corrected chi connectivity index (χ4v) is 1.48. The lowest BCUT2D eigenvalue weighted by Gasteiger charge is -2.20. The second-order valence-electron chi connectivity index (χ2n) is 4.53. The molecule has 22 heavy (non-hydrogen) atoms. The van der Waals surface area contributed by atoms with Gasteiger partial charge in [-0.2, -0.15) is 13.2 Å². The van der Waals surface area contributed by atoms with Crippen molar-refractivity contribution < 1.29 is 31.5 Å². The highest BCUT2D eigenvalue weighted by Gasteiger charge is 2.35. The van der Waals surface area contributed by atoms with Crippen LogP contribution in [0.5, 0.6) is 5.75 Å². The van der Waals surface area contributed by atoms with E-state index in [0.717, 1.165) is 19.1 Å². The van der Waals surface area contributed by atoms with Gasteiger partial charge in [0.1, 0.15) is 5.75 Å². The van der Waals surface area contributed by atoms with Crippen LogP contribution in [0.2, 0.25) is 0 Å². The maximum atomic E-state index is 12.9. The molecule has 3 N–H and O–H groups in total. The molecule has 124 valence electrons. The molecule has 0 bridgehead atoms. The van der Waals surface area contributed by atoms with Crippen LogP contribution in [0.4, 0.5) is 22.0 Å². The molecule has 0 radical (unpaired) electrons. The van der Waals surface area contributed by atoms with Gasteiger partial charge in [0.05, 0.1) is 18.7 Å². The van der Waals surface area contributed by atoms with Gasteiger partial charge in [0.2, 0.25) is 0 Å². The largest absolute Gasteiger partial charge is 0.480 e. The first-order chi connectivity index (χ1) is 10.1. The number of ether oxygens (including phenoxy) is 1. The Bertz CT molecular complexity index is 519. The Balaban J connectivity index is 2.73. The molecule has 0 fully saturated rings.